The predicted octanol–water partition coefficient (Wildman–Crippen LogP) is 14.2. The number of amides is 1. The third kappa shape index (κ3) is 39.1. The first-order valence-corrected chi connectivity index (χ1v) is 24.1. The Labute approximate surface area is 337 Å². The number of aliphatic hydroxyl groups excluding tert-OH is 3. The van der Waals surface area contributed by atoms with Crippen molar-refractivity contribution < 1.29 is 20.1 Å². The van der Waals surface area contributed by atoms with Crippen molar-refractivity contribution in [3.63, 3.8) is 0 Å². The van der Waals surface area contributed by atoms with Gasteiger partial charge in [-0.2, -0.15) is 0 Å². The minimum absolute atomic E-state index is 0.156. The molecule has 0 rings (SSSR count). The molecule has 0 radical (unpaired) electrons. The zero-order chi connectivity index (χ0) is 39.4. The molecule has 320 valence electrons. The second-order valence-electron chi connectivity index (χ2n) is 16.7. The number of carbonyl (C=O) groups excluding carboxylic acids is 1. The third-order valence-electron chi connectivity index (χ3n) is 11.3. The van der Waals surface area contributed by atoms with E-state index in [1.807, 2.05) is 0 Å². The van der Waals surface area contributed by atoms with Gasteiger partial charge in [0.15, 0.2) is 0 Å². The van der Waals surface area contributed by atoms with Gasteiger partial charge in [-0.25, -0.2) is 0 Å². The summed E-state index contributed by atoms with van der Waals surface area (Å²) in [6.45, 7) is 4.18. The smallest absolute Gasteiger partial charge is 0.220 e. The molecule has 0 aliphatic heterocycles. The number of rotatable bonds is 44. The molecule has 5 nitrogen and oxygen atoms in total. The van der Waals surface area contributed by atoms with Crippen LogP contribution in [-0.2, 0) is 4.79 Å². The summed E-state index contributed by atoms with van der Waals surface area (Å²) in [5, 5.41) is 33.6. The van der Waals surface area contributed by atoms with Crippen LogP contribution in [0.4, 0.5) is 0 Å². The number of hydrogen-bond acceptors (Lipinski definition) is 4. The lowest BCUT2D eigenvalue weighted by molar-refractivity contribution is -0.124. The fraction of sp³-hybridized carbons (Fsp3) is 0.898. The summed E-state index contributed by atoms with van der Waals surface area (Å²) < 4.78 is 0. The summed E-state index contributed by atoms with van der Waals surface area (Å²) in [4.78, 5) is 12.5. The van der Waals surface area contributed by atoms with E-state index in [1.54, 1.807) is 0 Å². The highest BCUT2D eigenvalue weighted by Crippen LogP contribution is 2.16. The Bertz CT molecular complexity index is 799. The molecule has 0 fully saturated rings. The molecule has 1 amide bonds. The van der Waals surface area contributed by atoms with E-state index in [0.29, 0.717) is 12.8 Å². The molecule has 5 heteroatoms. The SMILES string of the molecule is CCCCCCCCCCCCCC/C=C\CCCCCCCCCC(=O)NC(CO)C(O)C(O)CCC/C=C/CCCCCCCCCCCCCC. The van der Waals surface area contributed by atoms with Gasteiger partial charge in [-0.05, 0) is 64.2 Å². The van der Waals surface area contributed by atoms with E-state index in [9.17, 15) is 20.1 Å². The Morgan fingerprint density at radius 1 is 0.444 bits per heavy atom. The van der Waals surface area contributed by atoms with E-state index in [4.69, 9.17) is 0 Å². The first-order valence-electron chi connectivity index (χ1n) is 24.1. The molecule has 0 saturated carbocycles. The summed E-state index contributed by atoms with van der Waals surface area (Å²) >= 11 is 0. The molecule has 0 aromatic carbocycles. The van der Waals surface area contributed by atoms with E-state index in [0.717, 1.165) is 38.5 Å². The van der Waals surface area contributed by atoms with Crippen LogP contribution in [0.15, 0.2) is 24.3 Å². The quantitative estimate of drug-likeness (QED) is 0.0368. The summed E-state index contributed by atoms with van der Waals surface area (Å²) in [7, 11) is 0. The van der Waals surface area contributed by atoms with Crippen molar-refractivity contribution in [3.05, 3.63) is 24.3 Å². The summed E-state index contributed by atoms with van der Waals surface area (Å²) in [6.07, 6.45) is 54.4. The highest BCUT2D eigenvalue weighted by atomic mass is 16.3. The molecule has 3 unspecified atom stereocenters. The van der Waals surface area contributed by atoms with Crippen LogP contribution >= 0.6 is 0 Å². The summed E-state index contributed by atoms with van der Waals surface area (Å²) in [6, 6.07) is -0.826. The molecule has 54 heavy (non-hydrogen) atoms. The molecule has 0 spiro atoms. The van der Waals surface area contributed by atoms with Gasteiger partial charge in [-0.1, -0.05) is 212 Å². The van der Waals surface area contributed by atoms with Gasteiger partial charge < -0.3 is 20.6 Å². The van der Waals surface area contributed by atoms with Gasteiger partial charge in [0, 0.05) is 6.42 Å². The van der Waals surface area contributed by atoms with Crippen molar-refractivity contribution in [3.8, 4) is 0 Å². The first-order chi connectivity index (χ1) is 26.6. The maximum atomic E-state index is 12.5. The second kappa shape index (κ2) is 44.5. The molecular weight excluding hydrogens is 667 g/mol. The minimum Gasteiger partial charge on any atom is -0.394 e. The normalized spacial score (nSPS) is 13.6. The van der Waals surface area contributed by atoms with Crippen molar-refractivity contribution in [2.45, 2.75) is 276 Å². The van der Waals surface area contributed by atoms with Crippen LogP contribution in [0.25, 0.3) is 0 Å². The molecule has 0 aliphatic rings. The Morgan fingerprint density at radius 3 is 1.07 bits per heavy atom. The lowest BCUT2D eigenvalue weighted by Gasteiger charge is -2.26. The largest absolute Gasteiger partial charge is 0.394 e. The molecule has 0 bridgehead atoms. The lowest BCUT2D eigenvalue weighted by Crippen LogP contribution is -2.50. The minimum atomic E-state index is -1.16. The first kappa shape index (κ1) is 52.8. The predicted molar refractivity (Wildman–Crippen MR) is 236 cm³/mol. The molecule has 0 aliphatic carbocycles. The van der Waals surface area contributed by atoms with Crippen molar-refractivity contribution in [1.82, 2.24) is 5.32 Å². The van der Waals surface area contributed by atoms with Crippen LogP contribution in [0, 0.1) is 0 Å². The average Bonchev–Trinajstić information content (AvgIpc) is 3.18. The Balaban J connectivity index is 3.62. The topological polar surface area (TPSA) is 89.8 Å². The monoisotopic (exact) mass is 762 g/mol. The van der Waals surface area contributed by atoms with E-state index in [1.165, 1.54) is 193 Å². The molecule has 0 saturated heterocycles. The molecule has 0 aromatic heterocycles. The molecule has 0 heterocycles. The van der Waals surface area contributed by atoms with Gasteiger partial charge in [-0.15, -0.1) is 0 Å². The number of nitrogens with one attached hydrogen (secondary N) is 1. The van der Waals surface area contributed by atoms with Crippen LogP contribution in [0.3, 0.4) is 0 Å². The average molecular weight is 762 g/mol. The van der Waals surface area contributed by atoms with Crippen LogP contribution in [0.2, 0.25) is 0 Å². The Morgan fingerprint density at radius 2 is 0.741 bits per heavy atom. The zero-order valence-electron chi connectivity index (χ0n) is 36.4. The van der Waals surface area contributed by atoms with Gasteiger partial charge in [0.05, 0.1) is 18.8 Å². The lowest BCUT2D eigenvalue weighted by atomic mass is 10.0. The Hall–Kier alpha value is -1.17. The van der Waals surface area contributed by atoms with Gasteiger partial charge in [0.25, 0.3) is 0 Å². The third-order valence-corrected chi connectivity index (χ3v) is 11.3. The maximum absolute atomic E-state index is 12.5. The highest BCUT2D eigenvalue weighted by molar-refractivity contribution is 5.76. The number of allylic oxidation sites excluding steroid dienone is 4. The van der Waals surface area contributed by atoms with E-state index in [2.05, 4.69) is 43.5 Å². The molecule has 4 N–H and O–H groups in total. The van der Waals surface area contributed by atoms with Crippen molar-refractivity contribution in [1.29, 1.82) is 0 Å². The van der Waals surface area contributed by atoms with Crippen molar-refractivity contribution >= 4 is 5.91 Å². The second-order valence-corrected chi connectivity index (χ2v) is 16.7. The van der Waals surface area contributed by atoms with Crippen LogP contribution in [-0.4, -0.2) is 46.1 Å². The highest BCUT2D eigenvalue weighted by Gasteiger charge is 2.26. The maximum Gasteiger partial charge on any atom is 0.220 e. The number of carbonyl (C=O) groups is 1. The van der Waals surface area contributed by atoms with Crippen LogP contribution < -0.4 is 5.32 Å². The Kier molecular flexibility index (Phi) is 43.6. The van der Waals surface area contributed by atoms with Crippen LogP contribution in [0.5, 0.6) is 0 Å². The van der Waals surface area contributed by atoms with E-state index in [-0.39, 0.29) is 12.5 Å². The molecular formula is C49H95NO4. The van der Waals surface area contributed by atoms with Gasteiger partial charge in [-0.3, -0.25) is 4.79 Å². The zero-order valence-corrected chi connectivity index (χ0v) is 36.4. The summed E-state index contributed by atoms with van der Waals surface area (Å²) in [5.74, 6) is -0.156. The van der Waals surface area contributed by atoms with E-state index < -0.39 is 18.2 Å². The number of hydrogen-bond donors (Lipinski definition) is 4. The van der Waals surface area contributed by atoms with Gasteiger partial charge >= 0.3 is 0 Å². The molecule has 3 atom stereocenters. The molecule has 0 aromatic rings. The van der Waals surface area contributed by atoms with Crippen molar-refractivity contribution in [2.75, 3.05) is 6.61 Å². The fourth-order valence-corrected chi connectivity index (χ4v) is 7.51. The van der Waals surface area contributed by atoms with Gasteiger partial charge in [0.2, 0.25) is 5.91 Å². The van der Waals surface area contributed by atoms with Crippen molar-refractivity contribution in [2.24, 2.45) is 0 Å². The standard InChI is InChI=1S/C49H95NO4/c1-3-5-7-9-11-13-15-17-19-21-22-23-24-25-26-28-30-32-34-36-38-40-42-44-48(53)50-46(45-51)49(54)47(52)43-41-39-37-35-33-31-29-27-20-18-16-14-12-10-8-6-4-2/h25-26,35,37,46-47,49,51-52,54H,3-24,27-34,36,38-45H2,1-2H3,(H,50,53)/b26-25-,37-35+. The van der Waals surface area contributed by atoms with E-state index >= 15 is 0 Å². The number of aliphatic hydroxyl groups is 3. The summed E-state index contributed by atoms with van der Waals surface area (Å²) in [5.41, 5.74) is 0. The van der Waals surface area contributed by atoms with Gasteiger partial charge in [0.1, 0.15) is 6.10 Å². The fourth-order valence-electron chi connectivity index (χ4n) is 7.51. The van der Waals surface area contributed by atoms with Crippen LogP contribution in [0.1, 0.15) is 258 Å². The number of unbranched alkanes of at least 4 members (excludes halogenated alkanes) is 32.